The number of terminal acetylenes is 1. The summed E-state index contributed by atoms with van der Waals surface area (Å²) in [6.45, 7) is 2.80. The number of carbonyl (C=O) groups is 1. The van der Waals surface area contributed by atoms with Gasteiger partial charge in [0.1, 0.15) is 5.82 Å². The molecular formula is C23H20N6OS2. The van der Waals surface area contributed by atoms with E-state index in [1.165, 1.54) is 22.7 Å². The van der Waals surface area contributed by atoms with E-state index in [1.54, 1.807) is 10.3 Å². The largest absolute Gasteiger partial charge is 0.375 e. The van der Waals surface area contributed by atoms with Gasteiger partial charge < -0.3 is 15.5 Å². The van der Waals surface area contributed by atoms with Crippen molar-refractivity contribution in [3.05, 3.63) is 52.9 Å². The van der Waals surface area contributed by atoms with E-state index in [1.807, 2.05) is 12.1 Å². The summed E-state index contributed by atoms with van der Waals surface area (Å²) in [6.07, 6.45) is 5.34. The first kappa shape index (κ1) is 20.3. The number of urea groups is 1. The van der Waals surface area contributed by atoms with E-state index >= 15 is 0 Å². The summed E-state index contributed by atoms with van der Waals surface area (Å²) < 4.78 is 1.10. The molecule has 1 saturated heterocycles. The zero-order chi connectivity index (χ0) is 22.1. The van der Waals surface area contributed by atoms with Crippen LogP contribution in [0, 0.1) is 12.3 Å². The third kappa shape index (κ3) is 3.98. The lowest BCUT2D eigenvalue weighted by molar-refractivity contribution is 0.208. The third-order valence-electron chi connectivity index (χ3n) is 5.40. The zero-order valence-electron chi connectivity index (χ0n) is 17.1. The fraction of sp³-hybridized carbons (Fsp3) is 0.174. The van der Waals surface area contributed by atoms with Crippen LogP contribution in [0.2, 0.25) is 0 Å². The summed E-state index contributed by atoms with van der Waals surface area (Å²) in [5.41, 5.74) is 10.2. The van der Waals surface area contributed by atoms with Crippen LogP contribution in [-0.2, 0) is 0 Å². The van der Waals surface area contributed by atoms with Crippen LogP contribution in [0.3, 0.4) is 0 Å². The maximum Gasteiger partial charge on any atom is 0.323 e. The minimum Gasteiger partial charge on any atom is -0.375 e. The highest BCUT2D eigenvalue weighted by atomic mass is 32.1. The van der Waals surface area contributed by atoms with Gasteiger partial charge in [0.05, 0.1) is 10.2 Å². The van der Waals surface area contributed by atoms with Crippen LogP contribution in [0.15, 0.2) is 47.8 Å². The molecule has 0 spiro atoms. The summed E-state index contributed by atoms with van der Waals surface area (Å²) in [6, 6.07) is 14.5. The fourth-order valence-corrected chi connectivity index (χ4v) is 5.22. The molecular weight excluding hydrogens is 440 g/mol. The predicted octanol–water partition coefficient (Wildman–Crippen LogP) is 4.34. The molecule has 9 heteroatoms. The molecule has 2 aromatic heterocycles. The summed E-state index contributed by atoms with van der Waals surface area (Å²) in [4.78, 5) is 25.2. The minimum absolute atomic E-state index is 0.147. The van der Waals surface area contributed by atoms with Crippen LogP contribution in [0.25, 0.3) is 21.3 Å². The molecule has 3 N–H and O–H groups in total. The molecule has 0 saturated carbocycles. The second kappa shape index (κ2) is 8.49. The summed E-state index contributed by atoms with van der Waals surface area (Å²) >= 11 is 2.85. The van der Waals surface area contributed by atoms with Crippen LogP contribution in [0.1, 0.15) is 5.01 Å². The van der Waals surface area contributed by atoms with Crippen LogP contribution < -0.4 is 16.0 Å². The monoisotopic (exact) mass is 460 g/mol. The van der Waals surface area contributed by atoms with Crippen LogP contribution in [0.4, 0.5) is 21.4 Å². The average Bonchev–Trinajstić information content (AvgIpc) is 3.44. The van der Waals surface area contributed by atoms with E-state index in [0.29, 0.717) is 29.0 Å². The Balaban J connectivity index is 1.23. The average molecular weight is 461 g/mol. The molecule has 1 fully saturated rings. The molecule has 1 aliphatic rings. The number of rotatable bonds is 3. The van der Waals surface area contributed by atoms with Crippen LogP contribution in [-0.4, -0.2) is 47.1 Å². The lowest BCUT2D eigenvalue weighted by Crippen LogP contribution is -2.50. The van der Waals surface area contributed by atoms with Crippen molar-refractivity contribution < 1.29 is 4.79 Å². The number of nitrogens with two attached hydrogens (primary N) is 1. The summed E-state index contributed by atoms with van der Waals surface area (Å²) in [5, 5.41) is 5.72. The normalized spacial score (nSPS) is 13.8. The first-order chi connectivity index (χ1) is 15.6. The molecule has 0 bridgehead atoms. The molecule has 2 aromatic carbocycles. The number of nitrogens with one attached hydrogen (secondary N) is 1. The van der Waals surface area contributed by atoms with Crippen molar-refractivity contribution in [1.82, 2.24) is 14.9 Å². The molecule has 4 aromatic rings. The van der Waals surface area contributed by atoms with E-state index in [9.17, 15) is 4.79 Å². The van der Waals surface area contributed by atoms with Gasteiger partial charge in [0.15, 0.2) is 10.1 Å². The number of hydrogen-bond acceptors (Lipinski definition) is 7. The van der Waals surface area contributed by atoms with Gasteiger partial charge in [-0.1, -0.05) is 35.6 Å². The Morgan fingerprint density at radius 2 is 1.88 bits per heavy atom. The molecule has 2 amide bonds. The Morgan fingerprint density at radius 1 is 1.09 bits per heavy atom. The minimum atomic E-state index is -0.147. The van der Waals surface area contributed by atoms with E-state index in [4.69, 9.17) is 12.2 Å². The van der Waals surface area contributed by atoms with E-state index < -0.39 is 0 Å². The van der Waals surface area contributed by atoms with Gasteiger partial charge in [-0.15, -0.1) is 17.8 Å². The number of piperazine rings is 1. The molecule has 32 heavy (non-hydrogen) atoms. The van der Waals surface area contributed by atoms with E-state index in [2.05, 4.69) is 56.4 Å². The topological polar surface area (TPSA) is 87.4 Å². The number of benzene rings is 2. The molecule has 7 nitrogen and oxygen atoms in total. The van der Waals surface area contributed by atoms with Crippen molar-refractivity contribution in [2.24, 2.45) is 0 Å². The lowest BCUT2D eigenvalue weighted by Gasteiger charge is -2.36. The number of nitrogens with zero attached hydrogens (tertiary/aromatic N) is 4. The quantitative estimate of drug-likeness (QED) is 0.444. The molecule has 5 rings (SSSR count). The molecule has 0 radical (unpaired) electrons. The standard InChI is InChI=1S/C23H20N6OS2/c1-2-20-26-19(14-31-20)27-23(30)29-12-10-28(11-13-29)16-8-6-15(7-9-16)17-4-3-5-18-21(17)32-22(24)25-18/h1,3-9,14H,10-13H2,(H2,24,25)(H,27,30). The highest BCUT2D eigenvalue weighted by molar-refractivity contribution is 7.22. The van der Waals surface area contributed by atoms with Crippen molar-refractivity contribution in [2.45, 2.75) is 0 Å². The van der Waals surface area contributed by atoms with Gasteiger partial charge in [-0.3, -0.25) is 5.32 Å². The van der Waals surface area contributed by atoms with Gasteiger partial charge in [0.25, 0.3) is 0 Å². The number of amides is 2. The number of fused-ring (bicyclic) bond motifs is 1. The smallest absolute Gasteiger partial charge is 0.323 e. The van der Waals surface area contributed by atoms with Gasteiger partial charge in [-0.25, -0.2) is 14.8 Å². The van der Waals surface area contributed by atoms with Crippen LogP contribution in [0.5, 0.6) is 0 Å². The highest BCUT2D eigenvalue weighted by Gasteiger charge is 2.22. The maximum absolute atomic E-state index is 12.5. The second-order valence-corrected chi connectivity index (χ2v) is 9.23. The van der Waals surface area contributed by atoms with Crippen LogP contribution >= 0.6 is 22.7 Å². The van der Waals surface area contributed by atoms with Gasteiger partial charge >= 0.3 is 6.03 Å². The van der Waals surface area contributed by atoms with Gasteiger partial charge in [0, 0.05) is 42.8 Å². The number of nitrogen functional groups attached to an aromatic ring is 1. The molecule has 3 heterocycles. The molecule has 1 aliphatic heterocycles. The Labute approximate surface area is 193 Å². The Bertz CT molecular complexity index is 1310. The molecule has 160 valence electrons. The van der Waals surface area contributed by atoms with E-state index in [-0.39, 0.29) is 6.03 Å². The zero-order valence-corrected chi connectivity index (χ0v) is 18.7. The fourth-order valence-electron chi connectivity index (χ4n) is 3.80. The number of thiazole rings is 2. The van der Waals surface area contributed by atoms with Crippen molar-refractivity contribution in [3.8, 4) is 23.5 Å². The molecule has 0 unspecified atom stereocenters. The first-order valence-corrected chi connectivity index (χ1v) is 11.8. The molecule has 0 atom stereocenters. The third-order valence-corrected chi connectivity index (χ3v) is 7.11. The lowest BCUT2D eigenvalue weighted by atomic mass is 10.0. The van der Waals surface area contributed by atoms with Gasteiger partial charge in [0.2, 0.25) is 0 Å². The maximum atomic E-state index is 12.5. The Hall–Kier alpha value is -3.61. The number of hydrogen-bond donors (Lipinski definition) is 2. The Kier molecular flexibility index (Phi) is 5.39. The predicted molar refractivity (Wildman–Crippen MR) is 132 cm³/mol. The van der Waals surface area contributed by atoms with E-state index in [0.717, 1.165) is 40.1 Å². The Morgan fingerprint density at radius 3 is 2.59 bits per heavy atom. The SMILES string of the molecule is C#Cc1nc(NC(=O)N2CCN(c3ccc(-c4cccc5nc(N)sc45)cc3)CC2)cs1. The van der Waals surface area contributed by atoms with Crippen molar-refractivity contribution in [3.63, 3.8) is 0 Å². The number of anilines is 3. The van der Waals surface area contributed by atoms with Gasteiger partial charge in [-0.2, -0.15) is 0 Å². The summed E-state index contributed by atoms with van der Waals surface area (Å²) in [5.74, 6) is 2.98. The van der Waals surface area contributed by atoms with Crippen molar-refractivity contribution >= 4 is 55.6 Å². The second-order valence-electron chi connectivity index (χ2n) is 7.34. The summed E-state index contributed by atoms with van der Waals surface area (Å²) in [7, 11) is 0. The van der Waals surface area contributed by atoms with Crippen molar-refractivity contribution in [1.29, 1.82) is 0 Å². The number of carbonyl (C=O) groups excluding carboxylic acids is 1. The highest BCUT2D eigenvalue weighted by Crippen LogP contribution is 2.34. The molecule has 0 aliphatic carbocycles. The van der Waals surface area contributed by atoms with Gasteiger partial charge in [-0.05, 0) is 29.7 Å². The van der Waals surface area contributed by atoms with Crippen molar-refractivity contribution in [2.75, 3.05) is 42.1 Å². The first-order valence-electron chi connectivity index (χ1n) is 10.1. The number of aromatic nitrogens is 2.